The lowest BCUT2D eigenvalue weighted by Crippen LogP contribution is -2.29. The van der Waals surface area contributed by atoms with E-state index in [-0.39, 0.29) is 6.04 Å². The Morgan fingerprint density at radius 1 is 1.78 bits per heavy atom. The Morgan fingerprint density at radius 2 is 2.56 bits per heavy atom. The van der Waals surface area contributed by atoms with Crippen molar-refractivity contribution in [2.45, 2.75) is 25.8 Å². The standard InChI is InChI=1S/C7H13NO/c1-2-8-5-3-4-7(8)6-9/h6-7H,2-5H2,1H3. The van der Waals surface area contributed by atoms with Gasteiger partial charge in [0.25, 0.3) is 0 Å². The van der Waals surface area contributed by atoms with Crippen molar-refractivity contribution in [1.82, 2.24) is 4.90 Å². The Balaban J connectivity index is 2.41. The van der Waals surface area contributed by atoms with Crippen molar-refractivity contribution < 1.29 is 4.79 Å². The van der Waals surface area contributed by atoms with Gasteiger partial charge in [0.15, 0.2) is 0 Å². The minimum absolute atomic E-state index is 0.231. The normalized spacial score (nSPS) is 28.8. The Morgan fingerprint density at radius 3 is 3.00 bits per heavy atom. The first kappa shape index (κ1) is 6.75. The highest BCUT2D eigenvalue weighted by atomic mass is 16.1. The fourth-order valence-electron chi connectivity index (χ4n) is 1.40. The summed E-state index contributed by atoms with van der Waals surface area (Å²) in [5.41, 5.74) is 0. The number of hydrogen-bond donors (Lipinski definition) is 0. The average molecular weight is 127 g/mol. The summed E-state index contributed by atoms with van der Waals surface area (Å²) in [7, 11) is 0. The van der Waals surface area contributed by atoms with Gasteiger partial charge in [-0.1, -0.05) is 6.92 Å². The smallest absolute Gasteiger partial charge is 0.137 e. The number of nitrogens with zero attached hydrogens (tertiary/aromatic N) is 1. The molecule has 9 heavy (non-hydrogen) atoms. The molecule has 0 spiro atoms. The maximum absolute atomic E-state index is 10.3. The molecule has 1 unspecified atom stereocenters. The summed E-state index contributed by atoms with van der Waals surface area (Å²) in [6.07, 6.45) is 3.32. The third-order valence-corrected chi connectivity index (χ3v) is 1.98. The van der Waals surface area contributed by atoms with Crippen molar-refractivity contribution in [3.63, 3.8) is 0 Å². The molecule has 0 aromatic rings. The first-order valence-electron chi connectivity index (χ1n) is 3.58. The minimum atomic E-state index is 0.231. The van der Waals surface area contributed by atoms with Crippen LogP contribution in [0.2, 0.25) is 0 Å². The molecule has 0 aliphatic carbocycles. The average Bonchev–Trinajstić information content (AvgIpc) is 2.33. The molecule has 0 aromatic heterocycles. The van der Waals surface area contributed by atoms with Crippen LogP contribution in [0.5, 0.6) is 0 Å². The Bertz CT molecular complexity index is 103. The van der Waals surface area contributed by atoms with Crippen LogP contribution in [0.3, 0.4) is 0 Å². The van der Waals surface area contributed by atoms with Crippen molar-refractivity contribution in [2.24, 2.45) is 0 Å². The first-order valence-corrected chi connectivity index (χ1v) is 3.58. The van der Waals surface area contributed by atoms with E-state index in [9.17, 15) is 4.79 Å². The van der Waals surface area contributed by atoms with E-state index in [0.29, 0.717) is 0 Å². The van der Waals surface area contributed by atoms with Crippen LogP contribution >= 0.6 is 0 Å². The highest BCUT2D eigenvalue weighted by molar-refractivity contribution is 5.58. The quantitative estimate of drug-likeness (QED) is 0.508. The van der Waals surface area contributed by atoms with Crippen molar-refractivity contribution in [3.8, 4) is 0 Å². The van der Waals surface area contributed by atoms with Crippen LogP contribution in [0, 0.1) is 0 Å². The van der Waals surface area contributed by atoms with Gasteiger partial charge in [0.2, 0.25) is 0 Å². The van der Waals surface area contributed by atoms with Crippen LogP contribution in [-0.4, -0.2) is 30.3 Å². The van der Waals surface area contributed by atoms with E-state index in [0.717, 1.165) is 25.8 Å². The largest absolute Gasteiger partial charge is 0.302 e. The molecule has 0 radical (unpaired) electrons. The fraction of sp³-hybridized carbons (Fsp3) is 0.857. The topological polar surface area (TPSA) is 20.3 Å². The third-order valence-electron chi connectivity index (χ3n) is 1.98. The van der Waals surface area contributed by atoms with Crippen molar-refractivity contribution in [3.05, 3.63) is 0 Å². The van der Waals surface area contributed by atoms with Gasteiger partial charge in [0, 0.05) is 0 Å². The van der Waals surface area contributed by atoms with Crippen LogP contribution in [0.15, 0.2) is 0 Å². The highest BCUT2D eigenvalue weighted by Gasteiger charge is 2.21. The number of carbonyl (C=O) groups excluding carboxylic acids is 1. The molecule has 2 heteroatoms. The van der Waals surface area contributed by atoms with E-state index in [2.05, 4.69) is 11.8 Å². The molecule has 1 saturated heterocycles. The maximum Gasteiger partial charge on any atom is 0.137 e. The zero-order chi connectivity index (χ0) is 6.69. The molecule has 0 N–H and O–H groups in total. The summed E-state index contributed by atoms with van der Waals surface area (Å²) in [4.78, 5) is 12.6. The predicted molar refractivity (Wildman–Crippen MR) is 36.3 cm³/mol. The second kappa shape index (κ2) is 2.97. The van der Waals surface area contributed by atoms with Gasteiger partial charge in [-0.25, -0.2) is 0 Å². The van der Waals surface area contributed by atoms with Gasteiger partial charge in [0.1, 0.15) is 6.29 Å². The molecular formula is C7H13NO. The second-order valence-electron chi connectivity index (χ2n) is 2.47. The van der Waals surface area contributed by atoms with Crippen LogP contribution in [0.1, 0.15) is 19.8 Å². The lowest BCUT2D eigenvalue weighted by molar-refractivity contribution is -0.111. The Hall–Kier alpha value is -0.370. The van der Waals surface area contributed by atoms with Gasteiger partial charge in [-0.15, -0.1) is 0 Å². The van der Waals surface area contributed by atoms with E-state index in [4.69, 9.17) is 0 Å². The van der Waals surface area contributed by atoms with Gasteiger partial charge in [-0.2, -0.15) is 0 Å². The third kappa shape index (κ3) is 1.30. The molecule has 1 aliphatic heterocycles. The van der Waals surface area contributed by atoms with Gasteiger partial charge in [-0.3, -0.25) is 4.90 Å². The van der Waals surface area contributed by atoms with Gasteiger partial charge in [0.05, 0.1) is 6.04 Å². The summed E-state index contributed by atoms with van der Waals surface area (Å²) < 4.78 is 0. The molecule has 0 bridgehead atoms. The minimum Gasteiger partial charge on any atom is -0.302 e. The lowest BCUT2D eigenvalue weighted by atomic mass is 10.2. The SMILES string of the molecule is CCN1CCCC1C=O. The van der Waals surface area contributed by atoms with Crippen molar-refractivity contribution in [1.29, 1.82) is 0 Å². The number of rotatable bonds is 2. The monoisotopic (exact) mass is 127 g/mol. The van der Waals surface area contributed by atoms with Crippen LogP contribution in [0.25, 0.3) is 0 Å². The molecule has 1 fully saturated rings. The van der Waals surface area contributed by atoms with Crippen molar-refractivity contribution in [2.75, 3.05) is 13.1 Å². The number of carbonyl (C=O) groups is 1. The Kier molecular flexibility index (Phi) is 2.22. The lowest BCUT2D eigenvalue weighted by Gasteiger charge is -2.16. The molecule has 0 aromatic carbocycles. The highest BCUT2D eigenvalue weighted by Crippen LogP contribution is 2.13. The van der Waals surface area contributed by atoms with Crippen LogP contribution < -0.4 is 0 Å². The number of likely N-dealkylation sites (tertiary alicyclic amines) is 1. The summed E-state index contributed by atoms with van der Waals surface area (Å²) in [5, 5.41) is 0. The molecule has 2 nitrogen and oxygen atoms in total. The zero-order valence-corrected chi connectivity index (χ0v) is 5.84. The van der Waals surface area contributed by atoms with Crippen LogP contribution in [-0.2, 0) is 4.79 Å². The second-order valence-corrected chi connectivity index (χ2v) is 2.47. The molecule has 52 valence electrons. The number of aldehydes is 1. The van der Waals surface area contributed by atoms with Gasteiger partial charge in [-0.05, 0) is 25.9 Å². The maximum atomic E-state index is 10.3. The van der Waals surface area contributed by atoms with E-state index in [1.807, 2.05) is 0 Å². The summed E-state index contributed by atoms with van der Waals surface area (Å²) in [5.74, 6) is 0. The zero-order valence-electron chi connectivity index (χ0n) is 5.84. The molecule has 0 amide bonds. The first-order chi connectivity index (χ1) is 4.38. The van der Waals surface area contributed by atoms with Crippen LogP contribution in [0.4, 0.5) is 0 Å². The number of hydrogen-bond acceptors (Lipinski definition) is 2. The van der Waals surface area contributed by atoms with E-state index in [1.165, 1.54) is 6.42 Å². The predicted octanol–water partition coefficient (Wildman–Crippen LogP) is 0.670. The number of likely N-dealkylation sites (N-methyl/N-ethyl adjacent to an activating group) is 1. The Labute approximate surface area is 55.8 Å². The summed E-state index contributed by atoms with van der Waals surface area (Å²) >= 11 is 0. The summed E-state index contributed by atoms with van der Waals surface area (Å²) in [6.45, 7) is 4.23. The molecule has 1 aliphatic rings. The van der Waals surface area contributed by atoms with E-state index >= 15 is 0 Å². The van der Waals surface area contributed by atoms with E-state index in [1.54, 1.807) is 0 Å². The molecule has 1 heterocycles. The molecule has 1 atom stereocenters. The van der Waals surface area contributed by atoms with E-state index < -0.39 is 0 Å². The van der Waals surface area contributed by atoms with Crippen molar-refractivity contribution >= 4 is 6.29 Å². The fourth-order valence-corrected chi connectivity index (χ4v) is 1.40. The van der Waals surface area contributed by atoms with Gasteiger partial charge < -0.3 is 4.79 Å². The summed E-state index contributed by atoms with van der Waals surface area (Å²) in [6, 6.07) is 0.231. The van der Waals surface area contributed by atoms with Gasteiger partial charge >= 0.3 is 0 Å². The molecule has 1 rings (SSSR count). The molecule has 0 saturated carbocycles. The molecular weight excluding hydrogens is 114 g/mol.